The standard InChI is InChI=1S/C19H27ClN4O2.HI/c1-6-21-18(23-10-13-7-8-14(20)9-15(13)25-5)24-12-17-22-11-16(26-17)19(2,3)4;/h7-9,11H,6,10,12H2,1-5H3,(H2,21,23,24);1H. The maximum atomic E-state index is 6.00. The fourth-order valence-corrected chi connectivity index (χ4v) is 2.42. The van der Waals surface area contributed by atoms with Gasteiger partial charge in [-0.25, -0.2) is 9.98 Å². The van der Waals surface area contributed by atoms with E-state index in [0.29, 0.717) is 30.0 Å². The zero-order valence-corrected chi connectivity index (χ0v) is 19.5. The minimum atomic E-state index is -0.0605. The van der Waals surface area contributed by atoms with Gasteiger partial charge in [-0.05, 0) is 19.1 Å². The highest BCUT2D eigenvalue weighted by atomic mass is 127. The molecule has 0 atom stereocenters. The number of nitrogens with zero attached hydrogens (tertiary/aromatic N) is 2. The van der Waals surface area contributed by atoms with Gasteiger partial charge in [0.25, 0.3) is 0 Å². The van der Waals surface area contributed by atoms with Crippen LogP contribution in [0.3, 0.4) is 0 Å². The van der Waals surface area contributed by atoms with Crippen LogP contribution in [0.15, 0.2) is 33.8 Å². The van der Waals surface area contributed by atoms with Crippen LogP contribution < -0.4 is 15.4 Å². The third-order valence-corrected chi connectivity index (χ3v) is 3.94. The fraction of sp³-hybridized carbons (Fsp3) is 0.474. The lowest BCUT2D eigenvalue weighted by atomic mass is 9.94. The van der Waals surface area contributed by atoms with Crippen LogP contribution in [0, 0.1) is 0 Å². The number of ether oxygens (including phenoxy) is 1. The quantitative estimate of drug-likeness (QED) is 0.343. The largest absolute Gasteiger partial charge is 0.496 e. The Morgan fingerprint density at radius 3 is 2.63 bits per heavy atom. The summed E-state index contributed by atoms with van der Waals surface area (Å²) < 4.78 is 11.2. The molecule has 1 aromatic heterocycles. The van der Waals surface area contributed by atoms with Crippen LogP contribution in [0.4, 0.5) is 0 Å². The highest BCUT2D eigenvalue weighted by Gasteiger charge is 2.19. The summed E-state index contributed by atoms with van der Waals surface area (Å²) in [5.74, 6) is 2.89. The second-order valence-electron chi connectivity index (χ2n) is 6.87. The zero-order chi connectivity index (χ0) is 19.2. The normalized spacial score (nSPS) is 11.7. The van der Waals surface area contributed by atoms with Crippen molar-refractivity contribution in [2.45, 2.75) is 46.2 Å². The van der Waals surface area contributed by atoms with E-state index in [0.717, 1.165) is 23.6 Å². The molecule has 0 saturated carbocycles. The predicted octanol–water partition coefficient (Wildman–Crippen LogP) is 4.51. The van der Waals surface area contributed by atoms with Gasteiger partial charge < -0.3 is 19.8 Å². The zero-order valence-electron chi connectivity index (χ0n) is 16.4. The first kappa shape index (κ1) is 23.6. The highest BCUT2D eigenvalue weighted by Crippen LogP contribution is 2.24. The smallest absolute Gasteiger partial charge is 0.213 e. The van der Waals surface area contributed by atoms with Crippen molar-refractivity contribution in [2.75, 3.05) is 13.7 Å². The summed E-state index contributed by atoms with van der Waals surface area (Å²) in [7, 11) is 1.62. The van der Waals surface area contributed by atoms with Crippen LogP contribution >= 0.6 is 35.6 Å². The van der Waals surface area contributed by atoms with Gasteiger partial charge in [0.15, 0.2) is 5.96 Å². The van der Waals surface area contributed by atoms with Gasteiger partial charge in [-0.3, -0.25) is 0 Å². The van der Waals surface area contributed by atoms with Crippen molar-refractivity contribution in [3.63, 3.8) is 0 Å². The lowest BCUT2D eigenvalue weighted by Crippen LogP contribution is -2.36. The van der Waals surface area contributed by atoms with Gasteiger partial charge in [-0.15, -0.1) is 24.0 Å². The summed E-state index contributed by atoms with van der Waals surface area (Å²) in [6.07, 6.45) is 1.78. The first-order valence-electron chi connectivity index (χ1n) is 8.63. The number of aliphatic imine (C=N–C) groups is 1. The summed E-state index contributed by atoms with van der Waals surface area (Å²) >= 11 is 6.00. The van der Waals surface area contributed by atoms with E-state index in [1.54, 1.807) is 19.4 Å². The first-order chi connectivity index (χ1) is 12.3. The van der Waals surface area contributed by atoms with Crippen molar-refractivity contribution in [1.29, 1.82) is 0 Å². The Labute approximate surface area is 183 Å². The molecule has 27 heavy (non-hydrogen) atoms. The van der Waals surface area contributed by atoms with Crippen molar-refractivity contribution >= 4 is 41.5 Å². The van der Waals surface area contributed by atoms with E-state index in [1.807, 2.05) is 19.1 Å². The number of aromatic nitrogens is 1. The maximum Gasteiger partial charge on any atom is 0.213 e. The van der Waals surface area contributed by atoms with Crippen LogP contribution in [0.2, 0.25) is 5.02 Å². The van der Waals surface area contributed by atoms with Crippen LogP contribution in [-0.4, -0.2) is 24.6 Å². The fourth-order valence-electron chi connectivity index (χ4n) is 2.25. The van der Waals surface area contributed by atoms with Gasteiger partial charge in [-0.1, -0.05) is 38.4 Å². The number of methoxy groups -OCH3 is 1. The molecule has 0 aliphatic rings. The number of hydrogen-bond donors (Lipinski definition) is 2. The number of oxazole rings is 1. The first-order valence-corrected chi connectivity index (χ1v) is 9.01. The molecule has 150 valence electrons. The number of halogens is 2. The Hall–Kier alpha value is -1.48. The minimum absolute atomic E-state index is 0. The molecule has 2 N–H and O–H groups in total. The van der Waals surface area contributed by atoms with Crippen LogP contribution in [0.1, 0.15) is 44.9 Å². The molecule has 0 bridgehead atoms. The monoisotopic (exact) mass is 506 g/mol. The molecule has 0 radical (unpaired) electrons. The molecule has 1 heterocycles. The van der Waals surface area contributed by atoms with Gasteiger partial charge in [0.05, 0.1) is 26.4 Å². The minimum Gasteiger partial charge on any atom is -0.496 e. The third-order valence-electron chi connectivity index (χ3n) is 3.70. The number of nitrogens with one attached hydrogen (secondary N) is 2. The number of benzene rings is 1. The summed E-state index contributed by atoms with van der Waals surface area (Å²) in [4.78, 5) is 8.92. The lowest BCUT2D eigenvalue weighted by Gasteiger charge is -2.13. The lowest BCUT2D eigenvalue weighted by molar-refractivity contribution is 0.379. The van der Waals surface area contributed by atoms with Crippen LogP contribution in [0.25, 0.3) is 0 Å². The predicted molar refractivity (Wildman–Crippen MR) is 120 cm³/mol. The number of guanidine groups is 1. The second kappa shape index (κ2) is 10.8. The Morgan fingerprint density at radius 1 is 1.30 bits per heavy atom. The molecule has 0 fully saturated rings. The SMILES string of the molecule is CCNC(=NCc1ccc(Cl)cc1OC)NCc1ncc(C(C)(C)C)o1.I. The highest BCUT2D eigenvalue weighted by molar-refractivity contribution is 14.0. The van der Waals surface area contributed by atoms with Crippen molar-refractivity contribution in [3.8, 4) is 5.75 Å². The van der Waals surface area contributed by atoms with Gasteiger partial charge in [0.2, 0.25) is 5.89 Å². The molecule has 0 aliphatic carbocycles. The molecule has 0 spiro atoms. The van der Waals surface area contributed by atoms with Gasteiger partial charge >= 0.3 is 0 Å². The van der Waals surface area contributed by atoms with Crippen molar-refractivity contribution in [1.82, 2.24) is 15.6 Å². The molecular formula is C19H28ClIN4O2. The Balaban J connectivity index is 0.00000364. The van der Waals surface area contributed by atoms with E-state index in [-0.39, 0.29) is 29.4 Å². The van der Waals surface area contributed by atoms with Crippen LogP contribution in [0.5, 0.6) is 5.75 Å². The van der Waals surface area contributed by atoms with Crippen molar-refractivity contribution in [2.24, 2.45) is 4.99 Å². The summed E-state index contributed by atoms with van der Waals surface area (Å²) in [6, 6.07) is 5.53. The molecule has 1 aromatic carbocycles. The molecular weight excluding hydrogens is 479 g/mol. The third kappa shape index (κ3) is 7.21. The summed E-state index contributed by atoms with van der Waals surface area (Å²) in [6.45, 7) is 9.97. The molecule has 0 unspecified atom stereocenters. The van der Waals surface area contributed by atoms with E-state index < -0.39 is 0 Å². The molecule has 8 heteroatoms. The van der Waals surface area contributed by atoms with Gasteiger partial charge in [-0.2, -0.15) is 0 Å². The Kier molecular flexibility index (Phi) is 9.38. The Morgan fingerprint density at radius 2 is 2.04 bits per heavy atom. The van der Waals surface area contributed by atoms with E-state index in [4.69, 9.17) is 20.8 Å². The number of hydrogen-bond acceptors (Lipinski definition) is 4. The van der Waals surface area contributed by atoms with Crippen molar-refractivity contribution < 1.29 is 9.15 Å². The second-order valence-corrected chi connectivity index (χ2v) is 7.31. The average molecular weight is 507 g/mol. The molecule has 0 aliphatic heterocycles. The van der Waals surface area contributed by atoms with Crippen LogP contribution in [-0.2, 0) is 18.5 Å². The van der Waals surface area contributed by atoms with Crippen molar-refractivity contribution in [3.05, 3.63) is 46.6 Å². The maximum absolute atomic E-state index is 6.00. The summed E-state index contributed by atoms with van der Waals surface area (Å²) in [5, 5.41) is 7.09. The van der Waals surface area contributed by atoms with E-state index in [1.165, 1.54) is 0 Å². The number of rotatable bonds is 6. The van der Waals surface area contributed by atoms with E-state index in [9.17, 15) is 0 Å². The molecule has 0 saturated heterocycles. The molecule has 2 aromatic rings. The molecule has 2 rings (SSSR count). The van der Waals surface area contributed by atoms with E-state index in [2.05, 4.69) is 41.4 Å². The van der Waals surface area contributed by atoms with Gasteiger partial charge in [0, 0.05) is 22.5 Å². The topological polar surface area (TPSA) is 71.7 Å². The van der Waals surface area contributed by atoms with E-state index >= 15 is 0 Å². The average Bonchev–Trinajstić information content (AvgIpc) is 3.07. The Bertz CT molecular complexity index is 756. The molecule has 0 amide bonds. The molecule has 6 nitrogen and oxygen atoms in total. The van der Waals surface area contributed by atoms with Gasteiger partial charge in [0.1, 0.15) is 11.5 Å². The summed E-state index contributed by atoms with van der Waals surface area (Å²) in [5.41, 5.74) is 0.898.